The zero-order valence-corrected chi connectivity index (χ0v) is 11.6. The molecule has 0 atom stereocenters. The topological polar surface area (TPSA) is 77.5 Å². The first kappa shape index (κ1) is 13.1. The highest BCUT2D eigenvalue weighted by Gasteiger charge is 2.16. The summed E-state index contributed by atoms with van der Waals surface area (Å²) >= 11 is 0. The summed E-state index contributed by atoms with van der Waals surface area (Å²) < 4.78 is 16.8. The molecule has 0 bridgehead atoms. The van der Waals surface area contributed by atoms with Crippen molar-refractivity contribution in [3.8, 4) is 29.1 Å². The molecule has 1 aliphatic heterocycles. The summed E-state index contributed by atoms with van der Waals surface area (Å²) in [7, 11) is 0. The van der Waals surface area contributed by atoms with Gasteiger partial charge < -0.3 is 19.9 Å². The molecule has 1 heterocycles. The molecule has 0 aromatic heterocycles. The molecule has 0 fully saturated rings. The number of anilines is 1. The number of ether oxygens (including phenoxy) is 3. The molecule has 2 N–H and O–H groups in total. The Balaban J connectivity index is 1.97. The van der Waals surface area contributed by atoms with Crippen molar-refractivity contribution in [1.29, 1.82) is 5.26 Å². The summed E-state index contributed by atoms with van der Waals surface area (Å²) in [5.74, 6) is 2.31. The highest BCUT2D eigenvalue weighted by atomic mass is 16.6. The Hall–Kier alpha value is -2.87. The van der Waals surface area contributed by atoms with Crippen LogP contribution in [-0.2, 0) is 0 Å². The Morgan fingerprint density at radius 2 is 1.81 bits per heavy atom. The largest absolute Gasteiger partial charge is 0.486 e. The Labute approximate surface area is 122 Å². The Morgan fingerprint density at radius 1 is 1.10 bits per heavy atom. The van der Waals surface area contributed by atoms with E-state index in [-0.39, 0.29) is 0 Å². The summed E-state index contributed by atoms with van der Waals surface area (Å²) in [6, 6.07) is 10.8. The summed E-state index contributed by atoms with van der Waals surface area (Å²) in [6.45, 7) is 2.92. The van der Waals surface area contributed by atoms with E-state index in [2.05, 4.69) is 6.07 Å². The molecule has 0 saturated heterocycles. The maximum Gasteiger partial charge on any atom is 0.165 e. The lowest BCUT2D eigenvalue weighted by Crippen LogP contribution is -2.15. The minimum Gasteiger partial charge on any atom is -0.486 e. The number of hydrogen-bond donors (Lipinski definition) is 1. The summed E-state index contributed by atoms with van der Waals surface area (Å²) in [6.07, 6.45) is 0. The van der Waals surface area contributed by atoms with Crippen LogP contribution >= 0.6 is 0 Å². The second-order valence-electron chi connectivity index (χ2n) is 4.73. The molecule has 2 aromatic carbocycles. The van der Waals surface area contributed by atoms with Gasteiger partial charge in [-0.3, -0.25) is 0 Å². The molecule has 3 rings (SSSR count). The second-order valence-corrected chi connectivity index (χ2v) is 4.73. The molecule has 106 valence electrons. The van der Waals surface area contributed by atoms with Gasteiger partial charge in [0.2, 0.25) is 0 Å². The van der Waals surface area contributed by atoms with E-state index in [1.807, 2.05) is 13.0 Å². The molecule has 0 amide bonds. The number of nitrogen functional groups attached to an aromatic ring is 1. The lowest BCUT2D eigenvalue weighted by Gasteiger charge is -2.20. The predicted octanol–water partition coefficient (Wildman–Crippen LogP) is 3.01. The van der Waals surface area contributed by atoms with Gasteiger partial charge in [0, 0.05) is 12.1 Å². The van der Waals surface area contributed by atoms with Gasteiger partial charge in [-0.2, -0.15) is 5.26 Å². The fraction of sp³-hybridized carbons (Fsp3) is 0.188. The maximum absolute atomic E-state index is 8.96. The number of hydrogen-bond acceptors (Lipinski definition) is 5. The first-order valence-electron chi connectivity index (χ1n) is 6.55. The average molecular weight is 282 g/mol. The van der Waals surface area contributed by atoms with Crippen molar-refractivity contribution in [1.82, 2.24) is 0 Å². The molecule has 0 aliphatic carbocycles. The highest BCUT2D eigenvalue weighted by Crippen LogP contribution is 2.40. The first-order chi connectivity index (χ1) is 10.2. The van der Waals surface area contributed by atoms with E-state index in [9.17, 15) is 0 Å². The molecule has 5 heteroatoms. The van der Waals surface area contributed by atoms with Crippen LogP contribution < -0.4 is 19.9 Å². The van der Waals surface area contributed by atoms with Gasteiger partial charge in [-0.25, -0.2) is 0 Å². The fourth-order valence-electron chi connectivity index (χ4n) is 2.07. The lowest BCUT2D eigenvalue weighted by atomic mass is 10.1. The highest BCUT2D eigenvalue weighted by molar-refractivity contribution is 5.63. The van der Waals surface area contributed by atoms with Crippen LogP contribution in [0.25, 0.3) is 0 Å². The number of nitrogens with zero attached hydrogens (tertiary/aromatic N) is 1. The molecule has 1 aliphatic rings. The van der Waals surface area contributed by atoms with Crippen molar-refractivity contribution in [3.05, 3.63) is 41.5 Å². The smallest absolute Gasteiger partial charge is 0.165 e. The third-order valence-corrected chi connectivity index (χ3v) is 3.21. The van der Waals surface area contributed by atoms with Crippen LogP contribution in [0.15, 0.2) is 30.3 Å². The molecule has 2 aromatic rings. The Bertz CT molecular complexity index is 735. The van der Waals surface area contributed by atoms with Gasteiger partial charge in [-0.1, -0.05) is 6.07 Å². The predicted molar refractivity (Wildman–Crippen MR) is 77.8 cm³/mol. The third kappa shape index (κ3) is 2.56. The van der Waals surface area contributed by atoms with E-state index >= 15 is 0 Å². The SMILES string of the molecule is Cc1ccc(C#N)cc1Oc1cc2c(cc1N)OCCO2. The number of aryl methyl sites for hydroxylation is 1. The normalized spacial score (nSPS) is 12.6. The van der Waals surface area contributed by atoms with Crippen molar-refractivity contribution in [2.45, 2.75) is 6.92 Å². The van der Waals surface area contributed by atoms with Gasteiger partial charge in [0.15, 0.2) is 17.2 Å². The van der Waals surface area contributed by atoms with Gasteiger partial charge >= 0.3 is 0 Å². The summed E-state index contributed by atoms with van der Waals surface area (Å²) in [4.78, 5) is 0. The second kappa shape index (κ2) is 5.25. The Kier molecular flexibility index (Phi) is 3.28. The first-order valence-corrected chi connectivity index (χ1v) is 6.55. The molecular formula is C16H14N2O3. The van der Waals surface area contributed by atoms with Gasteiger partial charge in [0.1, 0.15) is 19.0 Å². The molecular weight excluding hydrogens is 268 g/mol. The Morgan fingerprint density at radius 3 is 2.52 bits per heavy atom. The van der Waals surface area contributed by atoms with E-state index in [0.29, 0.717) is 47.5 Å². The third-order valence-electron chi connectivity index (χ3n) is 3.21. The van der Waals surface area contributed by atoms with Crippen LogP contribution in [0.3, 0.4) is 0 Å². The molecule has 0 saturated carbocycles. The molecule has 21 heavy (non-hydrogen) atoms. The van der Waals surface area contributed by atoms with Gasteiger partial charge in [0.05, 0.1) is 17.3 Å². The van der Waals surface area contributed by atoms with Gasteiger partial charge in [-0.15, -0.1) is 0 Å². The van der Waals surface area contributed by atoms with Crippen LogP contribution in [0.2, 0.25) is 0 Å². The molecule has 0 radical (unpaired) electrons. The lowest BCUT2D eigenvalue weighted by molar-refractivity contribution is 0.171. The minimum absolute atomic E-state index is 0.459. The monoisotopic (exact) mass is 282 g/mol. The molecule has 5 nitrogen and oxygen atoms in total. The summed E-state index contributed by atoms with van der Waals surface area (Å²) in [5.41, 5.74) is 7.90. The van der Waals surface area contributed by atoms with Crippen LogP contribution in [0.5, 0.6) is 23.0 Å². The van der Waals surface area contributed by atoms with Crippen molar-refractivity contribution >= 4 is 5.69 Å². The van der Waals surface area contributed by atoms with E-state index in [4.69, 9.17) is 25.2 Å². The number of fused-ring (bicyclic) bond motifs is 1. The van der Waals surface area contributed by atoms with E-state index in [1.54, 1.807) is 24.3 Å². The van der Waals surface area contributed by atoms with E-state index < -0.39 is 0 Å². The number of rotatable bonds is 2. The van der Waals surface area contributed by atoms with E-state index in [1.165, 1.54) is 0 Å². The number of nitrogens with two attached hydrogens (primary N) is 1. The number of benzene rings is 2. The van der Waals surface area contributed by atoms with Crippen LogP contribution in [0, 0.1) is 18.3 Å². The molecule has 0 unspecified atom stereocenters. The van der Waals surface area contributed by atoms with Crippen molar-refractivity contribution < 1.29 is 14.2 Å². The minimum atomic E-state index is 0.459. The zero-order valence-electron chi connectivity index (χ0n) is 11.6. The quantitative estimate of drug-likeness (QED) is 0.857. The van der Waals surface area contributed by atoms with Crippen molar-refractivity contribution in [2.75, 3.05) is 18.9 Å². The van der Waals surface area contributed by atoms with Gasteiger partial charge in [0.25, 0.3) is 0 Å². The summed E-state index contributed by atoms with van der Waals surface area (Å²) in [5, 5.41) is 8.96. The standard InChI is InChI=1S/C16H14N2O3/c1-10-2-3-11(9-17)6-13(10)21-14-8-16-15(7-12(14)18)19-4-5-20-16/h2-3,6-8H,4-5,18H2,1H3. The number of nitriles is 1. The van der Waals surface area contributed by atoms with Crippen molar-refractivity contribution in [3.63, 3.8) is 0 Å². The van der Waals surface area contributed by atoms with Crippen molar-refractivity contribution in [2.24, 2.45) is 0 Å². The van der Waals surface area contributed by atoms with Gasteiger partial charge in [-0.05, 0) is 24.6 Å². The zero-order chi connectivity index (χ0) is 14.8. The van der Waals surface area contributed by atoms with Crippen LogP contribution in [-0.4, -0.2) is 13.2 Å². The fourth-order valence-corrected chi connectivity index (χ4v) is 2.07. The average Bonchev–Trinajstić information content (AvgIpc) is 2.50. The van der Waals surface area contributed by atoms with Crippen LogP contribution in [0.4, 0.5) is 5.69 Å². The molecule has 0 spiro atoms. The van der Waals surface area contributed by atoms with E-state index in [0.717, 1.165) is 5.56 Å². The van der Waals surface area contributed by atoms with Crippen LogP contribution in [0.1, 0.15) is 11.1 Å². The maximum atomic E-state index is 8.96.